The van der Waals surface area contributed by atoms with Crippen molar-refractivity contribution in [3.63, 3.8) is 0 Å². The minimum atomic E-state index is -0.287. The fourth-order valence-corrected chi connectivity index (χ4v) is 1.91. The summed E-state index contributed by atoms with van der Waals surface area (Å²) < 4.78 is 6.79. The van der Waals surface area contributed by atoms with E-state index < -0.39 is 0 Å². The number of carbonyl (C=O) groups excluding carboxylic acids is 1. The van der Waals surface area contributed by atoms with Gasteiger partial charge in [-0.3, -0.25) is 4.79 Å². The lowest BCUT2D eigenvalue weighted by atomic mass is 10.2. The number of nitrogens with zero attached hydrogens (tertiary/aromatic N) is 2. The summed E-state index contributed by atoms with van der Waals surface area (Å²) in [5, 5.41) is 7.00. The highest BCUT2D eigenvalue weighted by Gasteiger charge is 2.11. The van der Waals surface area contributed by atoms with Crippen molar-refractivity contribution in [2.75, 3.05) is 5.32 Å². The summed E-state index contributed by atoms with van der Waals surface area (Å²) in [5.74, 6) is 0.623. The molecule has 2 aromatic heterocycles. The van der Waals surface area contributed by atoms with Crippen molar-refractivity contribution in [3.8, 4) is 0 Å². The lowest BCUT2D eigenvalue weighted by Crippen LogP contribution is -2.15. The Hall–Kier alpha value is -2.82. The molecule has 3 aromatic rings. The Morgan fingerprint density at radius 2 is 2.00 bits per heavy atom. The maximum Gasteiger partial charge on any atom is 0.292 e. The molecule has 0 atom stereocenters. The molecule has 0 saturated heterocycles. The molecule has 0 aliphatic rings. The first kappa shape index (κ1) is 12.2. The predicted molar refractivity (Wildman–Crippen MR) is 74.4 cm³/mol. The van der Waals surface area contributed by atoms with Crippen LogP contribution in [0.1, 0.15) is 16.1 Å². The van der Waals surface area contributed by atoms with Crippen LogP contribution in [0.2, 0.25) is 0 Å². The van der Waals surface area contributed by atoms with Gasteiger partial charge in [0, 0.05) is 6.07 Å². The molecule has 20 heavy (non-hydrogen) atoms. The van der Waals surface area contributed by atoms with Crippen LogP contribution in [0.25, 0.3) is 0 Å². The van der Waals surface area contributed by atoms with Gasteiger partial charge < -0.3 is 9.73 Å². The zero-order valence-electron chi connectivity index (χ0n) is 10.7. The molecule has 5 nitrogen and oxygen atoms in total. The number of aromatic nitrogens is 2. The van der Waals surface area contributed by atoms with Crippen LogP contribution in [0.4, 0.5) is 5.82 Å². The van der Waals surface area contributed by atoms with Crippen LogP contribution in [0.15, 0.2) is 65.4 Å². The van der Waals surface area contributed by atoms with Crippen molar-refractivity contribution in [2.45, 2.75) is 6.54 Å². The van der Waals surface area contributed by atoms with Crippen LogP contribution in [-0.2, 0) is 6.54 Å². The summed E-state index contributed by atoms with van der Waals surface area (Å²) in [7, 11) is 0. The number of benzene rings is 1. The van der Waals surface area contributed by atoms with E-state index in [0.29, 0.717) is 12.4 Å². The molecule has 1 aromatic carbocycles. The van der Waals surface area contributed by atoms with Crippen molar-refractivity contribution in [3.05, 3.63) is 72.3 Å². The number of anilines is 1. The maximum absolute atomic E-state index is 11.9. The van der Waals surface area contributed by atoms with E-state index in [2.05, 4.69) is 10.4 Å². The smallest absolute Gasteiger partial charge is 0.292 e. The highest BCUT2D eigenvalue weighted by atomic mass is 16.3. The van der Waals surface area contributed by atoms with E-state index in [4.69, 9.17) is 4.42 Å². The minimum absolute atomic E-state index is 0.275. The van der Waals surface area contributed by atoms with Crippen molar-refractivity contribution >= 4 is 11.7 Å². The van der Waals surface area contributed by atoms with Gasteiger partial charge in [0.1, 0.15) is 5.82 Å². The van der Waals surface area contributed by atoms with Crippen LogP contribution >= 0.6 is 0 Å². The van der Waals surface area contributed by atoms with Gasteiger partial charge >= 0.3 is 0 Å². The van der Waals surface area contributed by atoms with Crippen molar-refractivity contribution < 1.29 is 9.21 Å². The molecule has 3 rings (SSSR count). The van der Waals surface area contributed by atoms with Gasteiger partial charge in [0.25, 0.3) is 5.91 Å². The summed E-state index contributed by atoms with van der Waals surface area (Å²) in [6, 6.07) is 15.0. The minimum Gasteiger partial charge on any atom is -0.459 e. The van der Waals surface area contributed by atoms with Gasteiger partial charge in [0.05, 0.1) is 19.0 Å². The molecule has 100 valence electrons. The molecule has 1 N–H and O–H groups in total. The molecule has 5 heteroatoms. The Morgan fingerprint density at radius 3 is 2.75 bits per heavy atom. The number of hydrogen-bond acceptors (Lipinski definition) is 3. The number of amides is 1. The maximum atomic E-state index is 11.9. The molecule has 0 spiro atoms. The van der Waals surface area contributed by atoms with E-state index >= 15 is 0 Å². The number of carbonyl (C=O) groups is 1. The normalized spacial score (nSPS) is 10.4. The van der Waals surface area contributed by atoms with Crippen LogP contribution in [-0.4, -0.2) is 15.7 Å². The molecule has 0 unspecified atom stereocenters. The first-order valence-electron chi connectivity index (χ1n) is 6.23. The Kier molecular flexibility index (Phi) is 3.33. The van der Waals surface area contributed by atoms with Gasteiger partial charge in [-0.2, -0.15) is 5.10 Å². The average Bonchev–Trinajstić information content (AvgIpc) is 3.12. The topological polar surface area (TPSA) is 60.1 Å². The lowest BCUT2D eigenvalue weighted by molar-refractivity contribution is 0.0995. The predicted octanol–water partition coefficient (Wildman–Crippen LogP) is 2.78. The van der Waals surface area contributed by atoms with E-state index in [1.165, 1.54) is 6.26 Å². The quantitative estimate of drug-likeness (QED) is 0.790. The van der Waals surface area contributed by atoms with Crippen LogP contribution in [0, 0.1) is 0 Å². The molecule has 0 saturated carbocycles. The Bertz CT molecular complexity index is 687. The van der Waals surface area contributed by atoms with E-state index in [9.17, 15) is 4.79 Å². The third-order valence-electron chi connectivity index (χ3n) is 2.88. The third kappa shape index (κ3) is 2.61. The molecule has 0 bridgehead atoms. The average molecular weight is 267 g/mol. The number of rotatable bonds is 4. The van der Waals surface area contributed by atoms with Gasteiger partial charge in [-0.15, -0.1) is 0 Å². The summed E-state index contributed by atoms with van der Waals surface area (Å²) in [6.45, 7) is 0.599. The molecule has 0 aliphatic heterocycles. The summed E-state index contributed by atoms with van der Waals surface area (Å²) in [4.78, 5) is 11.9. The summed E-state index contributed by atoms with van der Waals surface area (Å²) >= 11 is 0. The second-order valence-corrected chi connectivity index (χ2v) is 4.29. The first-order valence-corrected chi connectivity index (χ1v) is 6.23. The van der Waals surface area contributed by atoms with Crippen LogP contribution < -0.4 is 5.32 Å². The second kappa shape index (κ2) is 5.44. The van der Waals surface area contributed by atoms with E-state index in [1.807, 2.05) is 30.3 Å². The monoisotopic (exact) mass is 267 g/mol. The Morgan fingerprint density at radius 1 is 1.15 bits per heavy atom. The highest BCUT2D eigenvalue weighted by Crippen LogP contribution is 2.12. The molecule has 0 radical (unpaired) electrons. The number of furan rings is 1. The van der Waals surface area contributed by atoms with Gasteiger partial charge in [0.2, 0.25) is 0 Å². The summed E-state index contributed by atoms with van der Waals surface area (Å²) in [5.41, 5.74) is 1.12. The molecule has 1 amide bonds. The fraction of sp³-hybridized carbons (Fsp3) is 0.0667. The first-order chi connectivity index (χ1) is 9.83. The zero-order valence-corrected chi connectivity index (χ0v) is 10.7. The highest BCUT2D eigenvalue weighted by molar-refractivity contribution is 6.01. The van der Waals surface area contributed by atoms with Gasteiger partial charge in [0.15, 0.2) is 5.76 Å². The van der Waals surface area contributed by atoms with Gasteiger partial charge in [-0.1, -0.05) is 30.3 Å². The SMILES string of the molecule is O=C(Nc1ccnn1Cc1ccccc1)c1ccco1. The molecular weight excluding hydrogens is 254 g/mol. The second-order valence-electron chi connectivity index (χ2n) is 4.29. The number of hydrogen-bond donors (Lipinski definition) is 1. The third-order valence-corrected chi connectivity index (χ3v) is 2.88. The fourth-order valence-electron chi connectivity index (χ4n) is 1.91. The molecule has 2 heterocycles. The van der Waals surface area contributed by atoms with Crippen LogP contribution in [0.5, 0.6) is 0 Å². The number of nitrogens with one attached hydrogen (secondary N) is 1. The van der Waals surface area contributed by atoms with Crippen molar-refractivity contribution in [1.29, 1.82) is 0 Å². The molecule has 0 fully saturated rings. The standard InChI is InChI=1S/C15H13N3O2/c19-15(13-7-4-10-20-13)17-14-8-9-16-18(14)11-12-5-2-1-3-6-12/h1-10H,11H2,(H,17,19). The summed E-state index contributed by atoms with van der Waals surface area (Å²) in [6.07, 6.45) is 3.12. The van der Waals surface area contributed by atoms with Crippen LogP contribution in [0.3, 0.4) is 0 Å². The molecular formula is C15H13N3O2. The lowest BCUT2D eigenvalue weighted by Gasteiger charge is -2.08. The van der Waals surface area contributed by atoms with Crippen molar-refractivity contribution in [1.82, 2.24) is 9.78 Å². The zero-order chi connectivity index (χ0) is 13.8. The Balaban J connectivity index is 1.75. The van der Waals surface area contributed by atoms with Crippen molar-refractivity contribution in [2.24, 2.45) is 0 Å². The van der Waals surface area contributed by atoms with Gasteiger partial charge in [-0.25, -0.2) is 4.68 Å². The van der Waals surface area contributed by atoms with E-state index in [-0.39, 0.29) is 11.7 Å². The van der Waals surface area contributed by atoms with Gasteiger partial charge in [-0.05, 0) is 17.7 Å². The van der Waals surface area contributed by atoms with E-state index in [0.717, 1.165) is 5.56 Å². The largest absolute Gasteiger partial charge is 0.459 e. The molecule has 0 aliphatic carbocycles. The van der Waals surface area contributed by atoms with E-state index in [1.54, 1.807) is 29.1 Å². The Labute approximate surface area is 115 Å².